The van der Waals surface area contributed by atoms with E-state index in [4.69, 9.17) is 4.52 Å². The summed E-state index contributed by atoms with van der Waals surface area (Å²) in [6, 6.07) is 0.268. The molecule has 0 spiro atoms. The Morgan fingerprint density at radius 1 is 1.41 bits per heavy atom. The van der Waals surface area contributed by atoms with Gasteiger partial charge in [-0.1, -0.05) is 32.3 Å². The van der Waals surface area contributed by atoms with Crippen molar-refractivity contribution in [1.29, 1.82) is 0 Å². The number of rotatable bonds is 3. The molecule has 2 heterocycles. The molecule has 0 aliphatic carbocycles. The fourth-order valence-corrected chi connectivity index (χ4v) is 2.49. The number of hydrogen-bond acceptors (Lipinski definition) is 5. The molecule has 4 nitrogen and oxygen atoms in total. The van der Waals surface area contributed by atoms with E-state index >= 15 is 0 Å². The predicted molar refractivity (Wildman–Crippen MR) is 69.9 cm³/mol. The third-order valence-corrected chi connectivity index (χ3v) is 4.00. The smallest absolute Gasteiger partial charge is 0.243 e. The number of hydrogen-bond donors (Lipinski definition) is 1. The highest BCUT2D eigenvalue weighted by Crippen LogP contribution is 2.27. The van der Waals surface area contributed by atoms with E-state index in [9.17, 15) is 0 Å². The largest absolute Gasteiger partial charge is 0.338 e. The summed E-state index contributed by atoms with van der Waals surface area (Å²) in [6.45, 7) is 7.64. The normalized spacial score (nSPS) is 21.7. The average molecular weight is 255 g/mol. The Bertz CT molecular complexity index is 353. The second-order valence-electron chi connectivity index (χ2n) is 5.45. The molecular weight excluding hydrogens is 234 g/mol. The zero-order valence-corrected chi connectivity index (χ0v) is 11.6. The highest BCUT2D eigenvalue weighted by Gasteiger charge is 2.21. The van der Waals surface area contributed by atoms with Gasteiger partial charge in [-0.2, -0.15) is 4.98 Å². The summed E-state index contributed by atoms with van der Waals surface area (Å²) < 4.78 is 5.57. The molecule has 0 bridgehead atoms. The van der Waals surface area contributed by atoms with E-state index in [0.29, 0.717) is 0 Å². The molecule has 0 amide bonds. The first kappa shape index (κ1) is 12.9. The monoisotopic (exact) mass is 255 g/mol. The van der Waals surface area contributed by atoms with Crippen molar-refractivity contribution in [3.8, 4) is 0 Å². The van der Waals surface area contributed by atoms with Crippen LogP contribution in [0.5, 0.6) is 0 Å². The highest BCUT2D eigenvalue weighted by atomic mass is 32.2. The summed E-state index contributed by atoms with van der Waals surface area (Å²) in [5, 5.41) is 7.47. The number of nitrogens with one attached hydrogen (secondary N) is 1. The molecule has 0 saturated carbocycles. The van der Waals surface area contributed by atoms with E-state index in [1.165, 1.54) is 12.8 Å². The van der Waals surface area contributed by atoms with Gasteiger partial charge in [0.25, 0.3) is 0 Å². The molecule has 1 fully saturated rings. The van der Waals surface area contributed by atoms with Crippen molar-refractivity contribution in [2.24, 2.45) is 0 Å². The SMILES string of the molecule is CC(C)(C)SCc1noc(C2CCCCN2)n1. The fraction of sp³-hybridized carbons (Fsp3) is 0.833. The Labute approximate surface area is 107 Å². The van der Waals surface area contributed by atoms with Crippen molar-refractivity contribution < 1.29 is 4.52 Å². The molecule has 1 atom stereocenters. The molecule has 2 rings (SSSR count). The lowest BCUT2D eigenvalue weighted by atomic mass is 10.1. The molecule has 1 aliphatic rings. The number of aromatic nitrogens is 2. The third kappa shape index (κ3) is 4.00. The molecule has 1 unspecified atom stereocenters. The van der Waals surface area contributed by atoms with Crippen LogP contribution >= 0.6 is 11.8 Å². The minimum Gasteiger partial charge on any atom is -0.338 e. The summed E-state index contributed by atoms with van der Waals surface area (Å²) in [5.41, 5.74) is 0. The number of thioether (sulfide) groups is 1. The van der Waals surface area contributed by atoms with Gasteiger partial charge in [-0.3, -0.25) is 0 Å². The minimum atomic E-state index is 0.240. The first-order chi connectivity index (χ1) is 8.04. The van der Waals surface area contributed by atoms with Crippen LogP contribution in [0.3, 0.4) is 0 Å². The second kappa shape index (κ2) is 5.40. The van der Waals surface area contributed by atoms with Gasteiger partial charge in [0.1, 0.15) is 0 Å². The maximum Gasteiger partial charge on any atom is 0.243 e. The van der Waals surface area contributed by atoms with Gasteiger partial charge in [-0.25, -0.2) is 0 Å². The Balaban J connectivity index is 1.91. The molecular formula is C12H21N3OS. The van der Waals surface area contributed by atoms with Crippen molar-refractivity contribution in [1.82, 2.24) is 15.5 Å². The Morgan fingerprint density at radius 3 is 2.88 bits per heavy atom. The van der Waals surface area contributed by atoms with Crippen LogP contribution in [0.4, 0.5) is 0 Å². The van der Waals surface area contributed by atoms with Gasteiger partial charge >= 0.3 is 0 Å². The number of piperidine rings is 1. The topological polar surface area (TPSA) is 51.0 Å². The third-order valence-electron chi connectivity index (χ3n) is 2.73. The fourth-order valence-electron chi connectivity index (χ4n) is 1.81. The van der Waals surface area contributed by atoms with Crippen LogP contribution in [-0.4, -0.2) is 21.4 Å². The van der Waals surface area contributed by atoms with E-state index < -0.39 is 0 Å². The predicted octanol–water partition coefficient (Wildman–Crippen LogP) is 2.92. The van der Waals surface area contributed by atoms with Crippen molar-refractivity contribution >= 4 is 11.8 Å². The van der Waals surface area contributed by atoms with Crippen LogP contribution < -0.4 is 5.32 Å². The van der Waals surface area contributed by atoms with Crippen molar-refractivity contribution in [2.45, 2.75) is 56.6 Å². The van der Waals surface area contributed by atoms with E-state index in [1.54, 1.807) is 0 Å². The Hall–Kier alpha value is -0.550. The van der Waals surface area contributed by atoms with Gasteiger partial charge in [0.15, 0.2) is 5.82 Å². The van der Waals surface area contributed by atoms with Gasteiger partial charge < -0.3 is 9.84 Å². The average Bonchev–Trinajstić information content (AvgIpc) is 2.75. The van der Waals surface area contributed by atoms with Gasteiger partial charge in [0.05, 0.1) is 11.8 Å². The summed E-state index contributed by atoms with van der Waals surface area (Å²) in [5.74, 6) is 2.39. The van der Waals surface area contributed by atoms with Gasteiger partial charge in [-0.15, -0.1) is 11.8 Å². The van der Waals surface area contributed by atoms with Gasteiger partial charge in [-0.05, 0) is 19.4 Å². The molecule has 1 aromatic heterocycles. The molecule has 1 aromatic rings. The highest BCUT2D eigenvalue weighted by molar-refractivity contribution is 7.99. The quantitative estimate of drug-likeness (QED) is 0.900. The Morgan fingerprint density at radius 2 is 2.24 bits per heavy atom. The van der Waals surface area contributed by atoms with Crippen LogP contribution in [0, 0.1) is 0 Å². The van der Waals surface area contributed by atoms with Gasteiger partial charge in [0, 0.05) is 4.75 Å². The molecule has 1 saturated heterocycles. The molecule has 1 aliphatic heterocycles. The minimum absolute atomic E-state index is 0.240. The van der Waals surface area contributed by atoms with Crippen molar-refractivity contribution in [3.63, 3.8) is 0 Å². The van der Waals surface area contributed by atoms with Crippen LogP contribution in [0.15, 0.2) is 4.52 Å². The van der Waals surface area contributed by atoms with Crippen LogP contribution in [0.25, 0.3) is 0 Å². The first-order valence-electron chi connectivity index (χ1n) is 6.24. The molecule has 1 N–H and O–H groups in total. The maximum absolute atomic E-state index is 5.33. The van der Waals surface area contributed by atoms with E-state index in [1.807, 2.05) is 11.8 Å². The van der Waals surface area contributed by atoms with Crippen molar-refractivity contribution in [2.75, 3.05) is 6.54 Å². The maximum atomic E-state index is 5.33. The molecule has 5 heteroatoms. The second-order valence-corrected chi connectivity index (χ2v) is 7.25. The zero-order chi connectivity index (χ0) is 12.3. The number of nitrogens with zero attached hydrogens (tertiary/aromatic N) is 2. The van der Waals surface area contributed by atoms with Crippen LogP contribution in [0.2, 0.25) is 0 Å². The lowest BCUT2D eigenvalue weighted by Gasteiger charge is -2.19. The summed E-state index contributed by atoms with van der Waals surface area (Å²) in [7, 11) is 0. The van der Waals surface area contributed by atoms with E-state index in [0.717, 1.165) is 30.4 Å². The standard InChI is InChI=1S/C12H21N3OS/c1-12(2,3)17-8-10-14-11(16-15-10)9-6-4-5-7-13-9/h9,13H,4-8H2,1-3H3. The summed E-state index contributed by atoms with van der Waals surface area (Å²) in [6.07, 6.45) is 3.59. The van der Waals surface area contributed by atoms with Crippen molar-refractivity contribution in [3.05, 3.63) is 11.7 Å². The summed E-state index contributed by atoms with van der Waals surface area (Å²) >= 11 is 1.84. The zero-order valence-electron chi connectivity index (χ0n) is 10.8. The molecule has 0 radical (unpaired) electrons. The lowest BCUT2D eigenvalue weighted by molar-refractivity contribution is 0.296. The molecule has 96 valence electrons. The van der Waals surface area contributed by atoms with Crippen LogP contribution in [0.1, 0.15) is 57.8 Å². The van der Waals surface area contributed by atoms with E-state index in [-0.39, 0.29) is 10.8 Å². The van der Waals surface area contributed by atoms with Gasteiger partial charge in [0.2, 0.25) is 5.89 Å². The first-order valence-corrected chi connectivity index (χ1v) is 7.23. The molecule has 0 aromatic carbocycles. The molecule has 17 heavy (non-hydrogen) atoms. The van der Waals surface area contributed by atoms with E-state index in [2.05, 4.69) is 36.2 Å². The summed E-state index contributed by atoms with van der Waals surface area (Å²) in [4.78, 5) is 4.48. The lowest BCUT2D eigenvalue weighted by Crippen LogP contribution is -2.27. The van der Waals surface area contributed by atoms with Crippen LogP contribution in [-0.2, 0) is 5.75 Å². The Kier molecular flexibility index (Phi) is 4.09.